The zero-order valence-electron chi connectivity index (χ0n) is 27.6. The minimum absolute atomic E-state index is 0.0346. The number of halogens is 6. The Kier molecular flexibility index (Phi) is 8.41. The molecule has 0 fully saturated rings. The number of pyridine rings is 1. The topological polar surface area (TPSA) is 12.9 Å². The summed E-state index contributed by atoms with van der Waals surface area (Å²) in [6.45, 7) is 18.2. The lowest BCUT2D eigenvalue weighted by atomic mass is 9.82. The van der Waals surface area contributed by atoms with Crippen molar-refractivity contribution in [1.29, 1.82) is 0 Å². The normalized spacial score (nSPS) is 13.4. The van der Waals surface area contributed by atoms with Crippen LogP contribution in [0.5, 0.6) is 0 Å². The summed E-state index contributed by atoms with van der Waals surface area (Å²) in [5, 5.41) is 1.92. The predicted octanol–water partition coefficient (Wildman–Crippen LogP) is 12.8. The van der Waals surface area contributed by atoms with E-state index in [1.165, 1.54) is 11.3 Å². The first-order valence-electron chi connectivity index (χ1n) is 15.3. The molecule has 0 aliphatic heterocycles. The van der Waals surface area contributed by atoms with Crippen molar-refractivity contribution >= 4 is 32.2 Å². The van der Waals surface area contributed by atoms with Gasteiger partial charge >= 0.3 is 12.4 Å². The maximum absolute atomic E-state index is 14.2. The van der Waals surface area contributed by atoms with Crippen molar-refractivity contribution in [3.8, 4) is 21.7 Å². The van der Waals surface area contributed by atoms with Gasteiger partial charge in [0, 0.05) is 27.6 Å². The van der Waals surface area contributed by atoms with Crippen LogP contribution in [-0.2, 0) is 11.8 Å². The monoisotopic (exact) mass is 655 g/mol. The molecule has 0 N–H and O–H groups in total. The minimum Gasteiger partial charge on any atom is -0.254 e. The maximum Gasteiger partial charge on any atom is 0.404 e. The van der Waals surface area contributed by atoms with Crippen LogP contribution in [0.4, 0.5) is 26.3 Å². The fourth-order valence-electron chi connectivity index (χ4n) is 6.68. The number of nitrogens with zero attached hydrogens (tertiary/aromatic N) is 1. The molecule has 0 radical (unpaired) electrons. The predicted molar refractivity (Wildman–Crippen MR) is 179 cm³/mol. The maximum atomic E-state index is 14.2. The lowest BCUT2D eigenvalue weighted by molar-refractivity contribution is -0.253. The van der Waals surface area contributed by atoms with Crippen molar-refractivity contribution in [2.45, 2.75) is 92.4 Å². The molecule has 0 spiro atoms. The van der Waals surface area contributed by atoms with Crippen molar-refractivity contribution in [2.75, 3.05) is 0 Å². The van der Waals surface area contributed by atoms with Gasteiger partial charge in [-0.2, -0.15) is 26.3 Å². The number of rotatable bonds is 4. The third-order valence-electron chi connectivity index (χ3n) is 8.45. The summed E-state index contributed by atoms with van der Waals surface area (Å²) in [6.07, 6.45) is -9.47. The van der Waals surface area contributed by atoms with Gasteiger partial charge in [-0.1, -0.05) is 77.9 Å². The van der Waals surface area contributed by atoms with Gasteiger partial charge in [0.05, 0.1) is 10.4 Å². The Morgan fingerprint density at radius 3 is 1.91 bits per heavy atom. The summed E-state index contributed by atoms with van der Waals surface area (Å²) < 4.78 is 85.7. The van der Waals surface area contributed by atoms with E-state index in [0.717, 1.165) is 51.2 Å². The molecular weight excluding hydrogens is 616 g/mol. The first-order valence-corrected chi connectivity index (χ1v) is 16.1. The van der Waals surface area contributed by atoms with Crippen LogP contribution in [-0.4, -0.2) is 17.3 Å². The van der Waals surface area contributed by atoms with Gasteiger partial charge in [0.15, 0.2) is 5.92 Å². The van der Waals surface area contributed by atoms with Crippen molar-refractivity contribution in [2.24, 2.45) is 5.41 Å². The third-order valence-corrected chi connectivity index (χ3v) is 9.76. The fraction of sp³-hybridized carbons (Fsp3) is 0.395. The summed E-state index contributed by atoms with van der Waals surface area (Å²) in [7, 11) is 0. The molecule has 5 aromatic rings. The van der Waals surface area contributed by atoms with Crippen LogP contribution in [0.3, 0.4) is 0 Å². The van der Waals surface area contributed by atoms with Gasteiger partial charge in [-0.05, 0) is 94.3 Å². The van der Waals surface area contributed by atoms with Crippen molar-refractivity contribution < 1.29 is 26.3 Å². The molecule has 0 aliphatic rings. The summed E-state index contributed by atoms with van der Waals surface area (Å²) in [5.41, 5.74) is 5.13. The summed E-state index contributed by atoms with van der Waals surface area (Å²) in [5.74, 6) is -3.66. The first-order chi connectivity index (χ1) is 21.1. The van der Waals surface area contributed by atoms with Gasteiger partial charge in [-0.25, -0.2) is 0 Å². The van der Waals surface area contributed by atoms with Gasteiger partial charge in [-0.3, -0.25) is 4.98 Å². The van der Waals surface area contributed by atoms with E-state index in [4.69, 9.17) is 0 Å². The molecule has 0 atom stereocenters. The molecule has 2 heterocycles. The van der Waals surface area contributed by atoms with Crippen LogP contribution in [0.2, 0.25) is 0 Å². The van der Waals surface area contributed by atoms with Crippen LogP contribution in [0.1, 0.15) is 80.8 Å². The van der Waals surface area contributed by atoms with E-state index in [1.54, 1.807) is 6.92 Å². The Morgan fingerprint density at radius 2 is 1.37 bits per heavy atom. The number of aromatic nitrogens is 1. The lowest BCUT2D eigenvalue weighted by Crippen LogP contribution is -2.34. The number of fused-ring (bicyclic) bond motifs is 2. The number of hydrogen-bond acceptors (Lipinski definition) is 2. The molecule has 0 aliphatic carbocycles. The molecule has 0 amide bonds. The van der Waals surface area contributed by atoms with E-state index in [1.807, 2.05) is 50.2 Å². The number of thiophene rings is 1. The zero-order chi connectivity index (χ0) is 34.1. The van der Waals surface area contributed by atoms with Gasteiger partial charge in [0.1, 0.15) is 0 Å². The summed E-state index contributed by atoms with van der Waals surface area (Å²) in [4.78, 5) is 5.07. The van der Waals surface area contributed by atoms with Crippen LogP contribution >= 0.6 is 11.3 Å². The molecular formula is C38H39F6NS. The van der Waals surface area contributed by atoms with Gasteiger partial charge in [-0.15, -0.1) is 11.3 Å². The summed E-state index contributed by atoms with van der Waals surface area (Å²) in [6, 6.07) is 15.9. The average molecular weight is 656 g/mol. The van der Waals surface area contributed by atoms with E-state index >= 15 is 0 Å². The van der Waals surface area contributed by atoms with Crippen molar-refractivity contribution in [1.82, 2.24) is 4.98 Å². The molecule has 2 aromatic heterocycles. The van der Waals surface area contributed by atoms with E-state index < -0.39 is 23.8 Å². The quantitative estimate of drug-likeness (QED) is 0.176. The van der Waals surface area contributed by atoms with Crippen molar-refractivity contribution in [3.63, 3.8) is 0 Å². The average Bonchev–Trinajstić information content (AvgIpc) is 3.21. The minimum atomic E-state index is -5.55. The van der Waals surface area contributed by atoms with Gasteiger partial charge in [0.2, 0.25) is 0 Å². The molecule has 5 rings (SSSR count). The van der Waals surface area contributed by atoms with E-state index in [-0.39, 0.29) is 16.2 Å². The number of alkyl halides is 6. The van der Waals surface area contributed by atoms with Crippen LogP contribution in [0.25, 0.3) is 42.6 Å². The SMILES string of the molecule is Cc1cc(CC(C)(C)C)cc(C)c1-c1sc2c(-c3cc(C(C)(C)C)c4ccccc4c3)ncc(C(C(F)(F)F)C(F)(F)F)c2c1C. The molecule has 0 bridgehead atoms. The fourth-order valence-corrected chi connectivity index (χ4v) is 8.20. The second kappa shape index (κ2) is 11.4. The molecule has 8 heteroatoms. The van der Waals surface area contributed by atoms with Crippen LogP contribution < -0.4 is 0 Å². The molecule has 244 valence electrons. The highest BCUT2D eigenvalue weighted by Crippen LogP contribution is 2.53. The second-order valence-electron chi connectivity index (χ2n) is 14.7. The lowest BCUT2D eigenvalue weighted by Gasteiger charge is -2.25. The number of aryl methyl sites for hydroxylation is 3. The highest BCUT2D eigenvalue weighted by Gasteiger charge is 2.58. The number of hydrogen-bond donors (Lipinski definition) is 0. The van der Waals surface area contributed by atoms with E-state index in [2.05, 4.69) is 58.7 Å². The molecule has 0 saturated heterocycles. The van der Waals surface area contributed by atoms with E-state index in [0.29, 0.717) is 26.4 Å². The summed E-state index contributed by atoms with van der Waals surface area (Å²) >= 11 is 1.22. The first kappa shape index (κ1) is 34.0. The Morgan fingerprint density at radius 1 is 0.783 bits per heavy atom. The Hall–Kier alpha value is -3.39. The van der Waals surface area contributed by atoms with Crippen molar-refractivity contribution in [3.05, 3.63) is 88.1 Å². The van der Waals surface area contributed by atoms with Gasteiger partial charge < -0.3 is 0 Å². The second-order valence-corrected chi connectivity index (χ2v) is 15.7. The van der Waals surface area contributed by atoms with Crippen LogP contribution in [0.15, 0.2) is 54.7 Å². The molecule has 3 aromatic carbocycles. The highest BCUT2D eigenvalue weighted by atomic mass is 32.1. The van der Waals surface area contributed by atoms with Gasteiger partial charge in [0.25, 0.3) is 0 Å². The largest absolute Gasteiger partial charge is 0.404 e. The molecule has 1 nitrogen and oxygen atoms in total. The Labute approximate surface area is 270 Å². The van der Waals surface area contributed by atoms with E-state index in [9.17, 15) is 26.3 Å². The highest BCUT2D eigenvalue weighted by molar-refractivity contribution is 7.23. The molecule has 0 saturated carbocycles. The smallest absolute Gasteiger partial charge is 0.254 e. The molecule has 46 heavy (non-hydrogen) atoms. The number of benzene rings is 3. The molecule has 0 unspecified atom stereocenters. The Bertz CT molecular complexity index is 1910. The third kappa shape index (κ3) is 6.42. The van der Waals surface area contributed by atoms with Crippen LogP contribution in [0, 0.1) is 26.2 Å². The zero-order valence-corrected chi connectivity index (χ0v) is 28.4. The standard InChI is InChI=1S/C38H39F6NS/c1-20-14-23(18-35(4,5)6)15-21(2)29(20)32-22(3)30-27(34(37(39,40)41)38(42,43)44)19-45-31(33(30)46-32)25-16-24-12-10-11-13-26(24)28(17-25)36(7,8)9/h10-17,19,34H,18H2,1-9H3. The Balaban J connectivity index is 1.88.